The summed E-state index contributed by atoms with van der Waals surface area (Å²) >= 11 is 1.29. The van der Waals surface area contributed by atoms with E-state index < -0.39 is 0 Å². The van der Waals surface area contributed by atoms with Gasteiger partial charge in [0.25, 0.3) is 5.91 Å². The number of anilines is 2. The predicted octanol–water partition coefficient (Wildman–Crippen LogP) is 1.07. The Morgan fingerprint density at radius 3 is 2.89 bits per heavy atom. The van der Waals surface area contributed by atoms with E-state index in [-0.39, 0.29) is 17.8 Å². The smallest absolute Gasteiger partial charge is 0.265 e. The van der Waals surface area contributed by atoms with Crippen molar-refractivity contribution in [3.8, 4) is 0 Å². The second kappa shape index (κ2) is 7.30. The molecular weight excluding hydrogens is 264 g/mol. The van der Waals surface area contributed by atoms with Crippen molar-refractivity contribution < 1.29 is 9.90 Å². The molecule has 19 heavy (non-hydrogen) atoms. The van der Waals surface area contributed by atoms with Crippen LogP contribution in [0.3, 0.4) is 0 Å². The van der Waals surface area contributed by atoms with Gasteiger partial charge in [-0.3, -0.25) is 4.79 Å². The van der Waals surface area contributed by atoms with Crippen molar-refractivity contribution in [1.82, 2.24) is 10.3 Å². The number of rotatable bonds is 7. The summed E-state index contributed by atoms with van der Waals surface area (Å²) in [5.41, 5.74) is 5.76. The highest BCUT2D eigenvalue weighted by Crippen LogP contribution is 2.27. The van der Waals surface area contributed by atoms with Gasteiger partial charge in [-0.2, -0.15) is 0 Å². The summed E-state index contributed by atoms with van der Waals surface area (Å²) in [6.07, 6.45) is 1.07. The molecule has 1 heterocycles. The van der Waals surface area contributed by atoms with Crippen molar-refractivity contribution in [3.05, 3.63) is 4.88 Å². The number of nitrogens with two attached hydrogens (primary N) is 1. The average molecular weight is 286 g/mol. The van der Waals surface area contributed by atoms with E-state index >= 15 is 0 Å². The summed E-state index contributed by atoms with van der Waals surface area (Å²) in [6, 6.07) is 0. The van der Waals surface area contributed by atoms with Crippen molar-refractivity contribution >= 4 is 28.2 Å². The Morgan fingerprint density at radius 1 is 1.63 bits per heavy atom. The minimum atomic E-state index is -0.338. The molecule has 1 aromatic rings. The number of nitrogens with zero attached hydrogens (tertiary/aromatic N) is 2. The maximum atomic E-state index is 11.9. The second-order valence-electron chi connectivity index (χ2n) is 4.47. The van der Waals surface area contributed by atoms with E-state index in [1.54, 1.807) is 6.92 Å². The van der Waals surface area contributed by atoms with E-state index in [0.29, 0.717) is 17.8 Å². The normalized spacial score (nSPS) is 12.2. The maximum absolute atomic E-state index is 11.9. The van der Waals surface area contributed by atoms with E-state index in [9.17, 15) is 4.79 Å². The van der Waals surface area contributed by atoms with Gasteiger partial charge in [0, 0.05) is 20.1 Å². The number of carbonyl (C=O) groups excluding carboxylic acids is 1. The molecule has 0 fully saturated rings. The van der Waals surface area contributed by atoms with E-state index in [1.165, 1.54) is 11.3 Å². The van der Waals surface area contributed by atoms with Gasteiger partial charge in [0.1, 0.15) is 10.7 Å². The fourth-order valence-electron chi connectivity index (χ4n) is 1.46. The Labute approximate surface area is 117 Å². The van der Waals surface area contributed by atoms with Crippen LogP contribution in [-0.4, -0.2) is 42.2 Å². The molecule has 6 nitrogen and oxygen atoms in total. The standard InChI is InChI=1S/C12H22N4O2S/c1-4-16(3)12-15-10(13)9(19-12)11(18)14-7-5-6-8(2)17/h8,17H,4-7,13H2,1-3H3,(H,14,18). The molecule has 0 saturated heterocycles. The second-order valence-corrected chi connectivity index (χ2v) is 5.45. The van der Waals surface area contributed by atoms with E-state index in [0.717, 1.165) is 18.1 Å². The molecule has 0 aromatic carbocycles. The van der Waals surface area contributed by atoms with E-state index in [4.69, 9.17) is 10.8 Å². The van der Waals surface area contributed by atoms with Crippen LogP contribution in [0, 0.1) is 0 Å². The number of carbonyl (C=O) groups is 1. The summed E-state index contributed by atoms with van der Waals surface area (Å²) in [5, 5.41) is 12.7. The quantitative estimate of drug-likeness (QED) is 0.652. The molecule has 0 bridgehead atoms. The number of nitrogens with one attached hydrogen (secondary N) is 1. The molecule has 0 radical (unpaired) electrons. The zero-order valence-electron chi connectivity index (χ0n) is 11.6. The Hall–Kier alpha value is -1.34. The molecule has 0 saturated carbocycles. The number of hydrogen-bond acceptors (Lipinski definition) is 6. The van der Waals surface area contributed by atoms with Gasteiger partial charge in [0.05, 0.1) is 6.10 Å². The topological polar surface area (TPSA) is 91.5 Å². The van der Waals surface area contributed by atoms with Crippen LogP contribution < -0.4 is 16.0 Å². The average Bonchev–Trinajstić information content (AvgIpc) is 2.75. The number of thiazole rings is 1. The van der Waals surface area contributed by atoms with Gasteiger partial charge in [-0.15, -0.1) is 0 Å². The SMILES string of the molecule is CCN(C)c1nc(N)c(C(=O)NCCCC(C)O)s1. The van der Waals surface area contributed by atoms with Gasteiger partial charge in [-0.25, -0.2) is 4.98 Å². The number of nitrogen functional groups attached to an aromatic ring is 1. The first-order valence-corrected chi connectivity index (χ1v) is 7.21. The van der Waals surface area contributed by atoms with Crippen molar-refractivity contribution in [2.45, 2.75) is 32.8 Å². The zero-order chi connectivity index (χ0) is 14.4. The van der Waals surface area contributed by atoms with Crippen molar-refractivity contribution in [1.29, 1.82) is 0 Å². The Balaban J connectivity index is 2.55. The van der Waals surface area contributed by atoms with Crippen LogP contribution in [0.1, 0.15) is 36.4 Å². The molecule has 1 atom stereocenters. The highest BCUT2D eigenvalue weighted by molar-refractivity contribution is 7.18. The van der Waals surface area contributed by atoms with Gasteiger partial charge >= 0.3 is 0 Å². The molecule has 4 N–H and O–H groups in total. The maximum Gasteiger partial charge on any atom is 0.265 e. The van der Waals surface area contributed by atoms with Crippen LogP contribution in [0.2, 0.25) is 0 Å². The summed E-state index contributed by atoms with van der Waals surface area (Å²) < 4.78 is 0. The third kappa shape index (κ3) is 4.68. The fraction of sp³-hybridized carbons (Fsp3) is 0.667. The lowest BCUT2D eigenvalue weighted by atomic mass is 10.2. The van der Waals surface area contributed by atoms with Gasteiger partial charge < -0.3 is 21.1 Å². The molecule has 0 aliphatic rings. The summed E-state index contributed by atoms with van der Waals surface area (Å²) in [7, 11) is 1.91. The molecule has 0 aliphatic carbocycles. The van der Waals surface area contributed by atoms with Crippen molar-refractivity contribution in [2.24, 2.45) is 0 Å². The third-order valence-electron chi connectivity index (χ3n) is 2.73. The first-order valence-electron chi connectivity index (χ1n) is 6.39. The number of hydrogen-bond donors (Lipinski definition) is 3. The van der Waals surface area contributed by atoms with Crippen LogP contribution >= 0.6 is 11.3 Å². The zero-order valence-corrected chi connectivity index (χ0v) is 12.5. The molecule has 7 heteroatoms. The largest absolute Gasteiger partial charge is 0.393 e. The minimum absolute atomic E-state index is 0.198. The first kappa shape index (κ1) is 15.7. The molecule has 1 rings (SSSR count). The van der Waals surface area contributed by atoms with Gasteiger partial charge in [-0.05, 0) is 26.7 Å². The van der Waals surface area contributed by atoms with Gasteiger partial charge in [0.2, 0.25) is 0 Å². The summed E-state index contributed by atoms with van der Waals surface area (Å²) in [4.78, 5) is 18.5. The Morgan fingerprint density at radius 2 is 2.32 bits per heavy atom. The molecule has 108 valence electrons. The van der Waals surface area contributed by atoms with E-state index in [2.05, 4.69) is 10.3 Å². The highest BCUT2D eigenvalue weighted by Gasteiger charge is 2.17. The number of aliphatic hydroxyl groups excluding tert-OH is 1. The van der Waals surface area contributed by atoms with Crippen molar-refractivity contribution in [2.75, 3.05) is 30.8 Å². The van der Waals surface area contributed by atoms with Gasteiger partial charge in [0.15, 0.2) is 5.13 Å². The van der Waals surface area contributed by atoms with E-state index in [1.807, 2.05) is 18.9 Å². The summed E-state index contributed by atoms with van der Waals surface area (Å²) in [5.74, 6) is 0.0738. The summed E-state index contributed by atoms with van der Waals surface area (Å²) in [6.45, 7) is 5.08. The molecule has 1 unspecified atom stereocenters. The Bertz CT molecular complexity index is 420. The molecular formula is C12H22N4O2S. The molecule has 1 aromatic heterocycles. The van der Waals surface area contributed by atoms with Crippen LogP contribution in [0.4, 0.5) is 10.9 Å². The van der Waals surface area contributed by atoms with Crippen LogP contribution in [0.5, 0.6) is 0 Å². The van der Waals surface area contributed by atoms with Crippen LogP contribution in [0.25, 0.3) is 0 Å². The van der Waals surface area contributed by atoms with Crippen LogP contribution in [-0.2, 0) is 0 Å². The fourth-order valence-corrected chi connectivity index (χ4v) is 2.39. The molecule has 0 spiro atoms. The lowest BCUT2D eigenvalue weighted by Crippen LogP contribution is -2.25. The lowest BCUT2D eigenvalue weighted by molar-refractivity contribution is 0.0954. The highest BCUT2D eigenvalue weighted by atomic mass is 32.1. The predicted molar refractivity (Wildman–Crippen MR) is 78.7 cm³/mol. The van der Waals surface area contributed by atoms with Crippen LogP contribution in [0.15, 0.2) is 0 Å². The first-order chi connectivity index (χ1) is 8.95. The van der Waals surface area contributed by atoms with Crippen molar-refractivity contribution in [3.63, 3.8) is 0 Å². The monoisotopic (exact) mass is 286 g/mol. The Kier molecular flexibility index (Phi) is 6.04. The molecule has 1 amide bonds. The van der Waals surface area contributed by atoms with Gasteiger partial charge in [-0.1, -0.05) is 11.3 Å². The number of aromatic nitrogens is 1. The number of amides is 1. The minimum Gasteiger partial charge on any atom is -0.393 e. The number of aliphatic hydroxyl groups is 1. The third-order valence-corrected chi connectivity index (χ3v) is 3.92. The molecule has 0 aliphatic heterocycles. The lowest BCUT2D eigenvalue weighted by Gasteiger charge is -2.10.